The van der Waals surface area contributed by atoms with Crippen LogP contribution < -0.4 is 10.9 Å². The van der Waals surface area contributed by atoms with Gasteiger partial charge in [-0.05, 0) is 61.5 Å². The molecule has 0 unspecified atom stereocenters. The molecule has 2 aromatic carbocycles. The third-order valence-electron chi connectivity index (χ3n) is 3.81. The van der Waals surface area contributed by atoms with Gasteiger partial charge in [0.25, 0.3) is 11.5 Å². The Balaban J connectivity index is 1.77. The molecule has 0 spiro atoms. The first-order valence-electron chi connectivity index (χ1n) is 7.74. The van der Waals surface area contributed by atoms with Crippen LogP contribution in [0.1, 0.15) is 22.8 Å². The zero-order valence-electron chi connectivity index (χ0n) is 13.4. The lowest BCUT2D eigenvalue weighted by Crippen LogP contribution is -2.34. The molecule has 0 radical (unpaired) electrons. The van der Waals surface area contributed by atoms with Crippen LogP contribution in [-0.4, -0.2) is 21.9 Å². The summed E-state index contributed by atoms with van der Waals surface area (Å²) in [5, 5.41) is 4.08. The van der Waals surface area contributed by atoms with E-state index >= 15 is 0 Å². The van der Waals surface area contributed by atoms with Crippen molar-refractivity contribution in [2.45, 2.75) is 19.4 Å². The molecule has 0 bridgehead atoms. The van der Waals surface area contributed by atoms with Crippen LogP contribution in [0, 0.1) is 4.77 Å². The van der Waals surface area contributed by atoms with E-state index in [4.69, 9.17) is 23.8 Å². The predicted molar refractivity (Wildman–Crippen MR) is 102 cm³/mol. The van der Waals surface area contributed by atoms with Crippen molar-refractivity contribution in [1.82, 2.24) is 15.3 Å². The summed E-state index contributed by atoms with van der Waals surface area (Å²) in [6, 6.07) is 12.3. The quantitative estimate of drug-likeness (QED) is 0.611. The zero-order chi connectivity index (χ0) is 18.0. The molecule has 3 rings (SSSR count). The molecule has 3 aromatic rings. The van der Waals surface area contributed by atoms with Crippen molar-refractivity contribution in [3.63, 3.8) is 0 Å². The number of nitrogens with one attached hydrogen (secondary N) is 3. The molecule has 7 heteroatoms. The molecule has 128 valence electrons. The van der Waals surface area contributed by atoms with Gasteiger partial charge in [-0.25, -0.2) is 0 Å². The van der Waals surface area contributed by atoms with Crippen LogP contribution >= 0.6 is 23.8 Å². The average Bonchev–Trinajstić information content (AvgIpc) is 2.53. The SMILES string of the molecule is C[C@H](Cc1cccc(Cl)c1)NC(=O)c1ccc2c(=O)[nH]c(=S)[nH]c2c1. The van der Waals surface area contributed by atoms with Gasteiger partial charge >= 0.3 is 0 Å². The Labute approximate surface area is 154 Å². The summed E-state index contributed by atoms with van der Waals surface area (Å²) in [5.74, 6) is -0.212. The second-order valence-electron chi connectivity index (χ2n) is 5.88. The molecule has 1 aromatic heterocycles. The molecular formula is C18H16ClN3O2S. The summed E-state index contributed by atoms with van der Waals surface area (Å²) in [5.41, 5.74) is 1.76. The Morgan fingerprint density at radius 1 is 1.24 bits per heavy atom. The topological polar surface area (TPSA) is 77.8 Å². The smallest absolute Gasteiger partial charge is 0.259 e. The molecule has 0 fully saturated rings. The highest BCUT2D eigenvalue weighted by atomic mass is 35.5. The maximum Gasteiger partial charge on any atom is 0.259 e. The number of carbonyl (C=O) groups excluding carboxylic acids is 1. The molecule has 0 aliphatic heterocycles. The Bertz CT molecular complexity index is 1060. The number of amides is 1. The van der Waals surface area contributed by atoms with Gasteiger partial charge in [-0.15, -0.1) is 0 Å². The second-order valence-corrected chi connectivity index (χ2v) is 6.72. The van der Waals surface area contributed by atoms with E-state index in [-0.39, 0.29) is 22.3 Å². The first-order valence-corrected chi connectivity index (χ1v) is 8.52. The van der Waals surface area contributed by atoms with Crippen LogP contribution in [0.25, 0.3) is 10.9 Å². The highest BCUT2D eigenvalue weighted by molar-refractivity contribution is 7.71. The fraction of sp³-hybridized carbons (Fsp3) is 0.167. The maximum absolute atomic E-state index is 12.5. The van der Waals surface area contributed by atoms with Crippen LogP contribution in [0.4, 0.5) is 0 Å². The molecule has 0 aliphatic carbocycles. The lowest BCUT2D eigenvalue weighted by molar-refractivity contribution is 0.0940. The van der Waals surface area contributed by atoms with Crippen LogP contribution in [0.15, 0.2) is 47.3 Å². The Morgan fingerprint density at radius 3 is 2.80 bits per heavy atom. The number of fused-ring (bicyclic) bond motifs is 1. The van der Waals surface area contributed by atoms with Gasteiger partial charge in [0.2, 0.25) is 0 Å². The van der Waals surface area contributed by atoms with E-state index in [1.807, 2.05) is 31.2 Å². The van der Waals surface area contributed by atoms with Gasteiger partial charge in [0.05, 0.1) is 10.9 Å². The fourth-order valence-corrected chi connectivity index (χ4v) is 3.10. The number of benzene rings is 2. The lowest BCUT2D eigenvalue weighted by atomic mass is 10.1. The minimum Gasteiger partial charge on any atom is -0.349 e. The number of halogens is 1. The molecule has 25 heavy (non-hydrogen) atoms. The van der Waals surface area contributed by atoms with Gasteiger partial charge in [-0.3, -0.25) is 14.6 Å². The summed E-state index contributed by atoms with van der Waals surface area (Å²) in [4.78, 5) is 29.7. The Hall–Kier alpha value is -2.44. The number of hydrogen-bond donors (Lipinski definition) is 3. The Morgan fingerprint density at radius 2 is 2.04 bits per heavy atom. The second kappa shape index (κ2) is 7.21. The summed E-state index contributed by atoms with van der Waals surface area (Å²) < 4.78 is 0.226. The van der Waals surface area contributed by atoms with E-state index in [0.29, 0.717) is 27.9 Å². The molecule has 1 atom stereocenters. The van der Waals surface area contributed by atoms with Crippen LogP contribution in [0.3, 0.4) is 0 Å². The highest BCUT2D eigenvalue weighted by Crippen LogP contribution is 2.13. The summed E-state index contributed by atoms with van der Waals surface area (Å²) in [6.07, 6.45) is 0.669. The molecule has 1 heterocycles. The van der Waals surface area contributed by atoms with Crippen molar-refractivity contribution < 1.29 is 4.79 Å². The largest absolute Gasteiger partial charge is 0.349 e. The van der Waals surface area contributed by atoms with Crippen LogP contribution in [0.5, 0.6) is 0 Å². The normalized spacial score (nSPS) is 12.1. The molecule has 3 N–H and O–H groups in total. The van der Waals surface area contributed by atoms with Crippen molar-refractivity contribution in [2.24, 2.45) is 0 Å². The van der Waals surface area contributed by atoms with Crippen molar-refractivity contribution in [3.05, 3.63) is 73.7 Å². The number of aromatic nitrogens is 2. The van der Waals surface area contributed by atoms with Gasteiger partial charge in [0.15, 0.2) is 4.77 Å². The summed E-state index contributed by atoms with van der Waals surface area (Å²) in [7, 11) is 0. The molecule has 0 aliphatic rings. The van der Waals surface area contributed by atoms with E-state index in [0.717, 1.165) is 5.56 Å². The van der Waals surface area contributed by atoms with Crippen molar-refractivity contribution in [1.29, 1.82) is 0 Å². The first-order chi connectivity index (χ1) is 11.9. The minimum absolute atomic E-state index is 0.0701. The third kappa shape index (κ3) is 4.15. The van der Waals surface area contributed by atoms with Crippen molar-refractivity contribution in [2.75, 3.05) is 0 Å². The minimum atomic E-state index is -0.278. The molecule has 1 amide bonds. The Kier molecular flexibility index (Phi) is 5.01. The molecule has 0 saturated heterocycles. The number of rotatable bonds is 4. The first kappa shape index (κ1) is 17.4. The maximum atomic E-state index is 12.5. The monoisotopic (exact) mass is 373 g/mol. The standard InChI is InChI=1S/C18H16ClN3O2S/c1-10(7-11-3-2-4-13(19)8-11)20-16(23)12-5-6-14-15(9-12)21-18(25)22-17(14)24/h2-6,8-10H,7H2,1H3,(H,20,23)(H2,21,22,24,25)/t10-/m1/s1. The molecule has 5 nitrogen and oxygen atoms in total. The van der Waals surface area contributed by atoms with Gasteiger partial charge in [-0.2, -0.15) is 0 Å². The summed E-state index contributed by atoms with van der Waals surface area (Å²) >= 11 is 11.0. The van der Waals surface area contributed by atoms with Crippen LogP contribution in [-0.2, 0) is 6.42 Å². The highest BCUT2D eigenvalue weighted by Gasteiger charge is 2.12. The number of hydrogen-bond acceptors (Lipinski definition) is 3. The van der Waals surface area contributed by atoms with Crippen molar-refractivity contribution >= 4 is 40.6 Å². The van der Waals surface area contributed by atoms with E-state index in [2.05, 4.69) is 15.3 Å². The van der Waals surface area contributed by atoms with Gasteiger partial charge in [0.1, 0.15) is 0 Å². The lowest BCUT2D eigenvalue weighted by Gasteiger charge is -2.14. The number of H-pyrrole nitrogens is 2. The van der Waals surface area contributed by atoms with Crippen LogP contribution in [0.2, 0.25) is 5.02 Å². The predicted octanol–water partition coefficient (Wildman–Crippen LogP) is 3.60. The zero-order valence-corrected chi connectivity index (χ0v) is 15.0. The van der Waals surface area contributed by atoms with Gasteiger partial charge in [-0.1, -0.05) is 23.7 Å². The molecular weight excluding hydrogens is 358 g/mol. The number of carbonyl (C=O) groups is 1. The van der Waals surface area contributed by atoms with Crippen molar-refractivity contribution in [3.8, 4) is 0 Å². The van der Waals surface area contributed by atoms with Gasteiger partial charge < -0.3 is 10.3 Å². The van der Waals surface area contributed by atoms with E-state index in [1.54, 1.807) is 18.2 Å². The average molecular weight is 374 g/mol. The third-order valence-corrected chi connectivity index (χ3v) is 4.25. The number of aromatic amines is 2. The fourth-order valence-electron chi connectivity index (χ4n) is 2.69. The molecule has 0 saturated carbocycles. The van der Waals surface area contributed by atoms with E-state index in [9.17, 15) is 9.59 Å². The van der Waals surface area contributed by atoms with E-state index in [1.165, 1.54) is 0 Å². The van der Waals surface area contributed by atoms with E-state index < -0.39 is 0 Å². The van der Waals surface area contributed by atoms with Gasteiger partial charge in [0, 0.05) is 16.6 Å². The summed E-state index contributed by atoms with van der Waals surface area (Å²) in [6.45, 7) is 1.93.